The summed E-state index contributed by atoms with van der Waals surface area (Å²) >= 11 is 0. The highest BCUT2D eigenvalue weighted by atomic mass is 32.2. The lowest BCUT2D eigenvalue weighted by molar-refractivity contribution is 0.130. The summed E-state index contributed by atoms with van der Waals surface area (Å²) in [5.74, 6) is -0.0489. The SMILES string of the molecule is COCCS(=O)(=O)NC1CCCCCC1O. The molecule has 0 aliphatic heterocycles. The molecule has 96 valence electrons. The van der Waals surface area contributed by atoms with Gasteiger partial charge in [0.2, 0.25) is 10.0 Å². The number of methoxy groups -OCH3 is 1. The first kappa shape index (κ1) is 13.9. The van der Waals surface area contributed by atoms with Gasteiger partial charge in [0.15, 0.2) is 0 Å². The smallest absolute Gasteiger partial charge is 0.214 e. The Balaban J connectivity index is 2.50. The second kappa shape index (κ2) is 6.54. The monoisotopic (exact) mass is 251 g/mol. The molecule has 2 unspecified atom stereocenters. The standard InChI is InChI=1S/C10H21NO4S/c1-15-7-8-16(13,14)11-9-5-3-2-4-6-10(9)12/h9-12H,2-8H2,1H3. The molecule has 1 aliphatic rings. The number of nitrogens with one attached hydrogen (secondary N) is 1. The van der Waals surface area contributed by atoms with E-state index in [1.807, 2.05) is 0 Å². The topological polar surface area (TPSA) is 75.6 Å². The van der Waals surface area contributed by atoms with Gasteiger partial charge < -0.3 is 9.84 Å². The van der Waals surface area contributed by atoms with Crippen molar-refractivity contribution < 1.29 is 18.3 Å². The molecule has 1 saturated carbocycles. The van der Waals surface area contributed by atoms with Gasteiger partial charge in [0.25, 0.3) is 0 Å². The fraction of sp³-hybridized carbons (Fsp3) is 1.00. The van der Waals surface area contributed by atoms with E-state index in [9.17, 15) is 13.5 Å². The highest BCUT2D eigenvalue weighted by Gasteiger charge is 2.25. The van der Waals surface area contributed by atoms with Crippen LogP contribution in [0, 0.1) is 0 Å². The number of sulfonamides is 1. The van der Waals surface area contributed by atoms with E-state index in [2.05, 4.69) is 4.72 Å². The molecule has 2 N–H and O–H groups in total. The van der Waals surface area contributed by atoms with Crippen LogP contribution in [0.15, 0.2) is 0 Å². The minimum atomic E-state index is -3.33. The lowest BCUT2D eigenvalue weighted by Gasteiger charge is -2.21. The van der Waals surface area contributed by atoms with E-state index >= 15 is 0 Å². The van der Waals surface area contributed by atoms with E-state index < -0.39 is 16.1 Å². The third kappa shape index (κ3) is 4.78. The number of ether oxygens (including phenoxy) is 1. The molecule has 0 aromatic heterocycles. The predicted octanol–water partition coefficient (Wildman–Crippen LogP) is 0.246. The molecule has 0 spiro atoms. The average molecular weight is 251 g/mol. The van der Waals surface area contributed by atoms with Crippen molar-refractivity contribution in [2.45, 2.75) is 44.2 Å². The Morgan fingerprint density at radius 3 is 2.69 bits per heavy atom. The summed E-state index contributed by atoms with van der Waals surface area (Å²) in [5, 5.41) is 9.78. The van der Waals surface area contributed by atoms with Crippen molar-refractivity contribution in [3.8, 4) is 0 Å². The van der Waals surface area contributed by atoms with E-state index in [1.165, 1.54) is 7.11 Å². The lowest BCUT2D eigenvalue weighted by atomic mass is 10.1. The van der Waals surface area contributed by atoms with Gasteiger partial charge in [-0.05, 0) is 12.8 Å². The van der Waals surface area contributed by atoms with E-state index in [1.54, 1.807) is 0 Å². The van der Waals surface area contributed by atoms with Gasteiger partial charge in [-0.3, -0.25) is 0 Å². The van der Waals surface area contributed by atoms with Crippen LogP contribution in [-0.4, -0.2) is 45.1 Å². The second-order valence-corrected chi connectivity index (χ2v) is 6.11. The van der Waals surface area contributed by atoms with Crippen molar-refractivity contribution in [3.05, 3.63) is 0 Å². The molecular weight excluding hydrogens is 230 g/mol. The number of hydrogen-bond donors (Lipinski definition) is 2. The van der Waals surface area contributed by atoms with Crippen molar-refractivity contribution in [2.75, 3.05) is 19.5 Å². The van der Waals surface area contributed by atoms with Gasteiger partial charge in [-0.2, -0.15) is 0 Å². The van der Waals surface area contributed by atoms with E-state index in [0.717, 1.165) is 19.3 Å². The summed E-state index contributed by atoms with van der Waals surface area (Å²) < 4.78 is 30.5. The predicted molar refractivity (Wildman–Crippen MR) is 61.7 cm³/mol. The highest BCUT2D eigenvalue weighted by molar-refractivity contribution is 7.89. The van der Waals surface area contributed by atoms with E-state index in [-0.39, 0.29) is 18.4 Å². The molecule has 1 aliphatic carbocycles. The maximum atomic E-state index is 11.6. The molecule has 1 fully saturated rings. The molecule has 1 rings (SSSR count). The summed E-state index contributed by atoms with van der Waals surface area (Å²) in [6, 6.07) is -0.329. The first-order valence-electron chi connectivity index (χ1n) is 5.72. The zero-order valence-electron chi connectivity index (χ0n) is 9.68. The average Bonchev–Trinajstić information content (AvgIpc) is 2.41. The van der Waals surface area contributed by atoms with Crippen molar-refractivity contribution in [1.82, 2.24) is 4.72 Å². The van der Waals surface area contributed by atoms with Crippen molar-refractivity contribution in [1.29, 1.82) is 0 Å². The maximum Gasteiger partial charge on any atom is 0.214 e. The summed E-state index contributed by atoms with van der Waals surface area (Å²) in [7, 11) is -1.86. The largest absolute Gasteiger partial charge is 0.391 e. The van der Waals surface area contributed by atoms with Crippen LogP contribution in [0.3, 0.4) is 0 Å². The van der Waals surface area contributed by atoms with Crippen molar-refractivity contribution in [3.63, 3.8) is 0 Å². The fourth-order valence-electron chi connectivity index (χ4n) is 1.91. The van der Waals surface area contributed by atoms with E-state index in [0.29, 0.717) is 12.8 Å². The number of aliphatic hydroxyl groups excluding tert-OH is 1. The van der Waals surface area contributed by atoms with Gasteiger partial charge >= 0.3 is 0 Å². The van der Waals surface area contributed by atoms with Gasteiger partial charge in [0.1, 0.15) is 0 Å². The van der Waals surface area contributed by atoms with Crippen LogP contribution in [0.4, 0.5) is 0 Å². The molecule has 16 heavy (non-hydrogen) atoms. The van der Waals surface area contributed by atoms with Gasteiger partial charge in [0.05, 0.1) is 18.5 Å². The Bertz CT molecular complexity index is 291. The number of aliphatic hydroxyl groups is 1. The van der Waals surface area contributed by atoms with Crippen LogP contribution < -0.4 is 4.72 Å². The number of rotatable bonds is 5. The molecule has 0 saturated heterocycles. The molecule has 5 nitrogen and oxygen atoms in total. The molecule has 0 aromatic carbocycles. The van der Waals surface area contributed by atoms with Crippen LogP contribution in [-0.2, 0) is 14.8 Å². The van der Waals surface area contributed by atoms with Gasteiger partial charge in [0, 0.05) is 13.2 Å². The van der Waals surface area contributed by atoms with Crippen molar-refractivity contribution in [2.24, 2.45) is 0 Å². The first-order chi connectivity index (χ1) is 7.55. The van der Waals surface area contributed by atoms with Crippen molar-refractivity contribution >= 4 is 10.0 Å². The summed E-state index contributed by atoms with van der Waals surface area (Å²) in [6.07, 6.45) is 3.84. The molecule has 0 heterocycles. The fourth-order valence-corrected chi connectivity index (χ4v) is 3.15. The minimum absolute atomic E-state index is 0.0489. The lowest BCUT2D eigenvalue weighted by Crippen LogP contribution is -2.44. The summed E-state index contributed by atoms with van der Waals surface area (Å²) in [5.41, 5.74) is 0. The second-order valence-electron chi connectivity index (χ2n) is 4.24. The quantitative estimate of drug-likeness (QED) is 0.687. The molecular formula is C10H21NO4S. The van der Waals surface area contributed by atoms with Gasteiger partial charge in [-0.25, -0.2) is 13.1 Å². The molecule has 0 radical (unpaired) electrons. The molecule has 0 aromatic rings. The van der Waals surface area contributed by atoms with Crippen LogP contribution in [0.5, 0.6) is 0 Å². The Labute approximate surface area is 97.2 Å². The summed E-state index contributed by atoms with van der Waals surface area (Å²) in [4.78, 5) is 0. The molecule has 0 amide bonds. The molecule has 2 atom stereocenters. The molecule has 6 heteroatoms. The highest BCUT2D eigenvalue weighted by Crippen LogP contribution is 2.18. The minimum Gasteiger partial charge on any atom is -0.391 e. The Kier molecular flexibility index (Phi) is 5.68. The van der Waals surface area contributed by atoms with Crippen LogP contribution in [0.25, 0.3) is 0 Å². The van der Waals surface area contributed by atoms with Gasteiger partial charge in [-0.1, -0.05) is 19.3 Å². The van der Waals surface area contributed by atoms with Crippen LogP contribution in [0.2, 0.25) is 0 Å². The Morgan fingerprint density at radius 2 is 2.00 bits per heavy atom. The zero-order chi connectivity index (χ0) is 12.0. The zero-order valence-corrected chi connectivity index (χ0v) is 10.5. The summed E-state index contributed by atoms with van der Waals surface area (Å²) in [6.45, 7) is 0.179. The van der Waals surface area contributed by atoms with Crippen LogP contribution >= 0.6 is 0 Å². The molecule has 0 bridgehead atoms. The van der Waals surface area contributed by atoms with Crippen LogP contribution in [0.1, 0.15) is 32.1 Å². The maximum absolute atomic E-state index is 11.6. The third-order valence-corrected chi connectivity index (χ3v) is 4.23. The Morgan fingerprint density at radius 1 is 1.31 bits per heavy atom. The first-order valence-corrected chi connectivity index (χ1v) is 7.37. The van der Waals surface area contributed by atoms with E-state index in [4.69, 9.17) is 4.74 Å². The third-order valence-electron chi connectivity index (χ3n) is 2.87. The number of hydrogen-bond acceptors (Lipinski definition) is 4. The Hall–Kier alpha value is -0.170. The van der Waals surface area contributed by atoms with Gasteiger partial charge in [-0.15, -0.1) is 0 Å². The normalized spacial score (nSPS) is 27.6.